The minimum Gasteiger partial charge on any atom is -0.372 e. The average Bonchev–Trinajstić information content (AvgIpc) is 2.63. The van der Waals surface area contributed by atoms with Crippen molar-refractivity contribution in [1.29, 1.82) is 0 Å². The first-order chi connectivity index (χ1) is 11.6. The maximum absolute atomic E-state index is 12.4. The Balaban J connectivity index is 1.87. The molecule has 1 aliphatic rings. The summed E-state index contributed by atoms with van der Waals surface area (Å²) in [6.07, 6.45) is 1.16. The lowest BCUT2D eigenvalue weighted by Gasteiger charge is -2.37. The number of hydrogen-bond acceptors (Lipinski definition) is 3. The minimum atomic E-state index is 0.00870. The van der Waals surface area contributed by atoms with E-state index in [4.69, 9.17) is 0 Å². The predicted octanol–water partition coefficient (Wildman–Crippen LogP) is 3.48. The van der Waals surface area contributed by atoms with Crippen molar-refractivity contribution < 1.29 is 4.79 Å². The second-order valence-electron chi connectivity index (χ2n) is 6.43. The summed E-state index contributed by atoms with van der Waals surface area (Å²) >= 11 is 0. The normalized spacial score (nSPS) is 16.8. The molecule has 2 amide bonds. The van der Waals surface area contributed by atoms with Gasteiger partial charge in [0.2, 0.25) is 0 Å². The van der Waals surface area contributed by atoms with Crippen LogP contribution < -0.4 is 10.2 Å². The van der Waals surface area contributed by atoms with E-state index in [9.17, 15) is 4.79 Å². The number of nitrogens with zero attached hydrogens (tertiary/aromatic N) is 3. The Bertz CT molecular complexity index is 505. The molecular weight excluding hydrogens is 300 g/mol. The zero-order valence-corrected chi connectivity index (χ0v) is 15.6. The zero-order chi connectivity index (χ0) is 17.5. The quantitative estimate of drug-likeness (QED) is 0.867. The van der Waals surface area contributed by atoms with E-state index in [1.54, 1.807) is 0 Å². The van der Waals surface area contributed by atoms with Gasteiger partial charge in [0, 0.05) is 56.7 Å². The Kier molecular flexibility index (Phi) is 6.91. The van der Waals surface area contributed by atoms with Crippen LogP contribution >= 0.6 is 0 Å². The van der Waals surface area contributed by atoms with Crippen molar-refractivity contribution in [2.75, 3.05) is 49.5 Å². The molecule has 5 nitrogen and oxygen atoms in total. The van der Waals surface area contributed by atoms with E-state index in [1.165, 1.54) is 5.69 Å². The molecular formula is C19H32N4O. The Hall–Kier alpha value is -1.75. The zero-order valence-electron chi connectivity index (χ0n) is 15.6. The van der Waals surface area contributed by atoms with Gasteiger partial charge >= 0.3 is 6.03 Å². The summed E-state index contributed by atoms with van der Waals surface area (Å²) in [6.45, 7) is 14.3. The second-order valence-corrected chi connectivity index (χ2v) is 6.43. The standard InChI is InChI=1S/C19H32N4O/c1-5-16(4)22-12-14-23(15-13-22)19(24)20-17-8-10-18(11-9-17)21(6-2)7-3/h8-11,16H,5-7,12-15H2,1-4H3,(H,20,24). The number of anilines is 2. The molecule has 1 unspecified atom stereocenters. The maximum Gasteiger partial charge on any atom is 0.321 e. The fraction of sp³-hybridized carbons (Fsp3) is 0.632. The van der Waals surface area contributed by atoms with Crippen molar-refractivity contribution >= 4 is 17.4 Å². The summed E-state index contributed by atoms with van der Waals surface area (Å²) in [4.78, 5) is 19.1. The minimum absolute atomic E-state index is 0.00870. The van der Waals surface area contributed by atoms with Gasteiger partial charge in [0.15, 0.2) is 0 Å². The fourth-order valence-corrected chi connectivity index (χ4v) is 3.17. The smallest absolute Gasteiger partial charge is 0.321 e. The summed E-state index contributed by atoms with van der Waals surface area (Å²) in [5.74, 6) is 0. The Morgan fingerprint density at radius 1 is 1.08 bits per heavy atom. The Labute approximate surface area is 146 Å². The van der Waals surface area contributed by atoms with Crippen LogP contribution in [-0.2, 0) is 0 Å². The third-order valence-electron chi connectivity index (χ3n) is 5.06. The van der Waals surface area contributed by atoms with Gasteiger partial charge in [0.1, 0.15) is 0 Å². The van der Waals surface area contributed by atoms with Gasteiger partial charge in [-0.2, -0.15) is 0 Å². The molecule has 134 valence electrons. The van der Waals surface area contributed by atoms with Crippen LogP contribution in [0.25, 0.3) is 0 Å². The van der Waals surface area contributed by atoms with E-state index in [-0.39, 0.29) is 6.03 Å². The van der Waals surface area contributed by atoms with Crippen LogP contribution in [0.15, 0.2) is 24.3 Å². The van der Waals surface area contributed by atoms with Gasteiger partial charge in [-0.1, -0.05) is 6.92 Å². The lowest BCUT2D eigenvalue weighted by molar-refractivity contribution is 0.117. The largest absolute Gasteiger partial charge is 0.372 e. The number of piperazine rings is 1. The highest BCUT2D eigenvalue weighted by Crippen LogP contribution is 2.18. The first kappa shape index (κ1) is 18.6. The fourth-order valence-electron chi connectivity index (χ4n) is 3.17. The molecule has 5 heteroatoms. The molecule has 1 fully saturated rings. The molecule has 24 heavy (non-hydrogen) atoms. The van der Waals surface area contributed by atoms with Crippen LogP contribution in [0.3, 0.4) is 0 Å². The van der Waals surface area contributed by atoms with Gasteiger partial charge in [-0.3, -0.25) is 4.90 Å². The molecule has 0 saturated carbocycles. The van der Waals surface area contributed by atoms with Crippen molar-refractivity contribution in [1.82, 2.24) is 9.80 Å². The average molecular weight is 332 g/mol. The number of benzene rings is 1. The highest BCUT2D eigenvalue weighted by Gasteiger charge is 2.23. The van der Waals surface area contributed by atoms with Crippen molar-refractivity contribution in [3.05, 3.63) is 24.3 Å². The number of carbonyl (C=O) groups excluding carboxylic acids is 1. The van der Waals surface area contributed by atoms with Gasteiger partial charge in [-0.25, -0.2) is 4.79 Å². The van der Waals surface area contributed by atoms with Crippen LogP contribution in [0, 0.1) is 0 Å². The Morgan fingerprint density at radius 2 is 1.67 bits per heavy atom. The topological polar surface area (TPSA) is 38.8 Å². The van der Waals surface area contributed by atoms with E-state index in [0.717, 1.165) is 51.4 Å². The molecule has 0 aliphatic carbocycles. The van der Waals surface area contributed by atoms with Crippen molar-refractivity contribution in [3.63, 3.8) is 0 Å². The number of amides is 2. The molecule has 0 spiro atoms. The molecule has 1 aromatic carbocycles. The lowest BCUT2D eigenvalue weighted by Crippen LogP contribution is -2.52. The number of hydrogen-bond donors (Lipinski definition) is 1. The molecule has 1 saturated heterocycles. The molecule has 2 rings (SSSR count). The third kappa shape index (κ3) is 4.63. The Morgan fingerprint density at radius 3 is 2.17 bits per heavy atom. The number of nitrogens with one attached hydrogen (secondary N) is 1. The molecule has 1 aliphatic heterocycles. The van der Waals surface area contributed by atoms with Gasteiger partial charge in [-0.05, 0) is 51.5 Å². The van der Waals surface area contributed by atoms with E-state index in [1.807, 2.05) is 17.0 Å². The van der Waals surface area contributed by atoms with Gasteiger partial charge < -0.3 is 15.1 Å². The molecule has 1 heterocycles. The van der Waals surface area contributed by atoms with Crippen LogP contribution in [0.1, 0.15) is 34.1 Å². The van der Waals surface area contributed by atoms with Crippen molar-refractivity contribution in [2.45, 2.75) is 40.2 Å². The highest BCUT2D eigenvalue weighted by molar-refractivity contribution is 5.89. The first-order valence-corrected chi connectivity index (χ1v) is 9.24. The lowest BCUT2D eigenvalue weighted by atomic mass is 10.2. The number of urea groups is 1. The maximum atomic E-state index is 12.4. The van der Waals surface area contributed by atoms with E-state index in [2.05, 4.69) is 54.9 Å². The molecule has 0 bridgehead atoms. The summed E-state index contributed by atoms with van der Waals surface area (Å²) in [7, 11) is 0. The van der Waals surface area contributed by atoms with Crippen LogP contribution in [0.2, 0.25) is 0 Å². The van der Waals surface area contributed by atoms with Crippen molar-refractivity contribution in [2.24, 2.45) is 0 Å². The summed E-state index contributed by atoms with van der Waals surface area (Å²) in [6, 6.07) is 8.73. The van der Waals surface area contributed by atoms with E-state index >= 15 is 0 Å². The summed E-state index contributed by atoms with van der Waals surface area (Å²) in [5.41, 5.74) is 2.06. The molecule has 1 aromatic rings. The first-order valence-electron chi connectivity index (χ1n) is 9.24. The SMILES string of the molecule is CCC(C)N1CCN(C(=O)Nc2ccc(N(CC)CC)cc2)CC1. The van der Waals surface area contributed by atoms with Gasteiger partial charge in [0.05, 0.1) is 0 Å². The number of carbonyl (C=O) groups is 1. The molecule has 1 N–H and O–H groups in total. The summed E-state index contributed by atoms with van der Waals surface area (Å²) < 4.78 is 0. The molecule has 0 radical (unpaired) electrons. The molecule has 0 aromatic heterocycles. The van der Waals surface area contributed by atoms with E-state index in [0.29, 0.717) is 6.04 Å². The van der Waals surface area contributed by atoms with Crippen LogP contribution in [-0.4, -0.2) is 61.1 Å². The van der Waals surface area contributed by atoms with Gasteiger partial charge in [0.25, 0.3) is 0 Å². The highest BCUT2D eigenvalue weighted by atomic mass is 16.2. The van der Waals surface area contributed by atoms with E-state index < -0.39 is 0 Å². The summed E-state index contributed by atoms with van der Waals surface area (Å²) in [5, 5.41) is 3.02. The monoisotopic (exact) mass is 332 g/mol. The molecule has 1 atom stereocenters. The predicted molar refractivity (Wildman–Crippen MR) is 102 cm³/mol. The second kappa shape index (κ2) is 8.92. The third-order valence-corrected chi connectivity index (χ3v) is 5.06. The number of rotatable bonds is 6. The van der Waals surface area contributed by atoms with Gasteiger partial charge in [-0.15, -0.1) is 0 Å². The van der Waals surface area contributed by atoms with Crippen LogP contribution in [0.4, 0.5) is 16.2 Å². The van der Waals surface area contributed by atoms with Crippen LogP contribution in [0.5, 0.6) is 0 Å². The van der Waals surface area contributed by atoms with Crippen molar-refractivity contribution in [3.8, 4) is 0 Å².